The Balaban J connectivity index is 1.23. The predicted octanol–water partition coefficient (Wildman–Crippen LogP) is 9.28. The van der Waals surface area contributed by atoms with Gasteiger partial charge >= 0.3 is 0 Å². The number of fused-ring (bicyclic) bond motifs is 7. The second kappa shape index (κ2) is 13.6. The van der Waals surface area contributed by atoms with E-state index in [1.807, 2.05) is 12.1 Å². The normalized spacial score (nSPS) is 15.0. The molecule has 0 bridgehead atoms. The van der Waals surface area contributed by atoms with Crippen molar-refractivity contribution < 1.29 is 18.3 Å². The average Bonchev–Trinajstić information content (AvgIpc) is 3.50. The Labute approximate surface area is 304 Å². The lowest BCUT2D eigenvalue weighted by Gasteiger charge is -2.12. The average molecular weight is 679 g/mol. The highest BCUT2D eigenvalue weighted by Crippen LogP contribution is 2.27. The van der Waals surface area contributed by atoms with E-state index in [-0.39, 0.29) is 0 Å². The van der Waals surface area contributed by atoms with Crippen LogP contribution in [0.1, 0.15) is 59.1 Å². The monoisotopic (exact) mass is 678 g/mol. The summed E-state index contributed by atoms with van der Waals surface area (Å²) in [6.45, 7) is 1.08. The number of ether oxygens (including phenoxy) is 2. The molecule has 0 saturated carbocycles. The first-order valence-electron chi connectivity index (χ1n) is 18.4. The van der Waals surface area contributed by atoms with Crippen molar-refractivity contribution in [2.24, 2.45) is 0 Å². The lowest BCUT2D eigenvalue weighted by atomic mass is 9.93. The number of hydrogen-bond donors (Lipinski definition) is 0. The molecule has 0 aliphatic carbocycles. The molecule has 0 N–H and O–H groups in total. The first-order chi connectivity index (χ1) is 25.6. The molecule has 4 heteroatoms. The van der Waals surface area contributed by atoms with Gasteiger partial charge in [0.05, 0.1) is 24.7 Å². The molecule has 254 valence electrons. The zero-order valence-electron chi connectivity index (χ0n) is 29.8. The quantitative estimate of drug-likeness (QED) is 0.130. The van der Waals surface area contributed by atoms with Crippen LogP contribution in [0, 0.1) is 16.8 Å². The molecule has 0 radical (unpaired) electrons. The first kappa shape index (κ1) is 31.9. The number of hydrogen-bond acceptors (Lipinski definition) is 2. The molecule has 5 aromatic carbocycles. The second-order valence-corrected chi connectivity index (χ2v) is 14.0. The highest BCUT2D eigenvalue weighted by Gasteiger charge is 2.26. The fourth-order valence-corrected chi connectivity index (χ4v) is 8.11. The Kier molecular flexibility index (Phi) is 8.36. The van der Waals surface area contributed by atoms with Crippen molar-refractivity contribution in [1.82, 2.24) is 0 Å². The van der Waals surface area contributed by atoms with Crippen molar-refractivity contribution >= 4 is 63.8 Å². The van der Waals surface area contributed by atoms with Gasteiger partial charge in [-0.1, -0.05) is 66.8 Å². The Bertz CT molecular complexity index is 2770. The number of benzene rings is 5. The number of rotatable bonds is 6. The van der Waals surface area contributed by atoms with Gasteiger partial charge in [-0.2, -0.15) is 4.24 Å². The maximum absolute atomic E-state index is 5.46. The van der Waals surface area contributed by atoms with Crippen molar-refractivity contribution in [2.75, 3.05) is 20.8 Å². The van der Waals surface area contributed by atoms with Gasteiger partial charge < -0.3 is 9.47 Å². The van der Waals surface area contributed by atoms with E-state index in [2.05, 4.69) is 143 Å². The summed E-state index contributed by atoms with van der Waals surface area (Å²) in [6, 6.07) is 32.8. The molecule has 4 heterocycles. The van der Waals surface area contributed by atoms with E-state index in [1.165, 1.54) is 82.8 Å². The second-order valence-electron chi connectivity index (χ2n) is 14.0. The molecule has 3 aliphatic rings. The molecular weight excluding hydrogens is 637 g/mol. The molecule has 6 aromatic rings. The molecule has 0 spiro atoms. The molecular formula is C48H42N2O2+2. The molecule has 0 unspecified atom stereocenters. The van der Waals surface area contributed by atoms with E-state index in [0.717, 1.165) is 43.7 Å². The molecule has 0 fully saturated rings. The van der Waals surface area contributed by atoms with E-state index < -0.39 is 0 Å². The summed E-state index contributed by atoms with van der Waals surface area (Å²) in [5.74, 6) is 1.76. The lowest BCUT2D eigenvalue weighted by molar-refractivity contribution is -0.518. The van der Waals surface area contributed by atoms with Gasteiger partial charge in [0.15, 0.2) is 18.1 Å². The topological polar surface area (TPSA) is 27.4 Å². The minimum absolute atomic E-state index is 0.879. The summed E-state index contributed by atoms with van der Waals surface area (Å²) >= 11 is 0. The van der Waals surface area contributed by atoms with E-state index in [9.17, 15) is 0 Å². The highest BCUT2D eigenvalue weighted by atomic mass is 16.5. The van der Waals surface area contributed by atoms with Gasteiger partial charge in [-0.3, -0.25) is 0 Å². The van der Waals surface area contributed by atoms with Crippen LogP contribution >= 0.6 is 0 Å². The summed E-state index contributed by atoms with van der Waals surface area (Å²) in [5, 5.41) is 8.75. The SMILES string of the molecule is COc1ccc2cc(/C=C/c3cc[n+]4c(c3)=c3c(c(/C=C/c5ccc6cc(OC)ccc6c5)cc5c3=C3CCCC=[N+]3CCC5)C=CC=4)ccc2c1. The minimum atomic E-state index is 0.879. The first-order valence-corrected chi connectivity index (χ1v) is 18.4. The molecule has 1 aromatic heterocycles. The van der Waals surface area contributed by atoms with Gasteiger partial charge in [0.1, 0.15) is 24.3 Å². The number of nitrogens with zero attached hydrogens (tertiary/aromatic N) is 2. The Morgan fingerprint density at radius 1 is 0.615 bits per heavy atom. The molecule has 0 amide bonds. The summed E-state index contributed by atoms with van der Waals surface area (Å²) in [5.41, 5.74) is 8.99. The third-order valence-corrected chi connectivity index (χ3v) is 10.8. The standard InChI is InChI=1S/C48H42N2O2/c1-51-42-20-18-36-27-33(12-15-38(36)31-42)10-11-35-22-26-50-25-6-8-44-40(17-14-34-13-16-39-32-43(52-2)21-19-37(39)28-34)30-41-7-5-24-49-23-4-3-9-45(49)47(41)48(44)46(50)29-35/h6,8,10-23,25-32H,3-5,7,9,24H2,1-2H3/q+2/b11-10+,17-14+. The Morgan fingerprint density at radius 3 is 1.98 bits per heavy atom. The maximum Gasteiger partial charge on any atom is 0.219 e. The summed E-state index contributed by atoms with van der Waals surface area (Å²) in [6.07, 6.45) is 26.1. The highest BCUT2D eigenvalue weighted by molar-refractivity contribution is 5.88. The minimum Gasteiger partial charge on any atom is -0.497 e. The molecule has 0 saturated heterocycles. The van der Waals surface area contributed by atoms with Gasteiger partial charge in [0.2, 0.25) is 5.35 Å². The van der Waals surface area contributed by atoms with Crippen LogP contribution in [0.5, 0.6) is 11.5 Å². The largest absolute Gasteiger partial charge is 0.497 e. The van der Waals surface area contributed by atoms with E-state index in [4.69, 9.17) is 9.47 Å². The van der Waals surface area contributed by atoms with Crippen molar-refractivity contribution in [1.29, 1.82) is 0 Å². The zero-order chi connectivity index (χ0) is 35.0. The molecule has 9 rings (SSSR count). The molecule has 52 heavy (non-hydrogen) atoms. The summed E-state index contributed by atoms with van der Waals surface area (Å²) in [7, 11) is 3.43. The lowest BCUT2D eigenvalue weighted by Crippen LogP contribution is -2.27. The van der Waals surface area contributed by atoms with Crippen LogP contribution in [0.4, 0.5) is 0 Å². The fourth-order valence-electron chi connectivity index (χ4n) is 8.11. The number of methoxy groups -OCH3 is 2. The van der Waals surface area contributed by atoms with Crippen molar-refractivity contribution in [3.63, 3.8) is 0 Å². The number of allylic oxidation sites excluding steroid dienone is 1. The zero-order valence-corrected chi connectivity index (χ0v) is 29.8. The summed E-state index contributed by atoms with van der Waals surface area (Å²) in [4.78, 5) is 0. The van der Waals surface area contributed by atoms with Crippen LogP contribution in [0.25, 0.3) is 57.6 Å². The Hall–Kier alpha value is -6.00. The number of aryl methyl sites for hydroxylation is 1. The molecule has 0 atom stereocenters. The third kappa shape index (κ3) is 6.05. The van der Waals surface area contributed by atoms with Crippen molar-refractivity contribution in [3.05, 3.63) is 159 Å². The van der Waals surface area contributed by atoms with Crippen LogP contribution in [-0.4, -0.2) is 31.6 Å². The van der Waals surface area contributed by atoms with Crippen molar-refractivity contribution in [2.45, 2.75) is 32.1 Å². The third-order valence-electron chi connectivity index (χ3n) is 10.8. The van der Waals surface area contributed by atoms with Crippen LogP contribution < -0.4 is 18.9 Å². The predicted molar refractivity (Wildman–Crippen MR) is 215 cm³/mol. The summed E-state index contributed by atoms with van der Waals surface area (Å²) < 4.78 is 15.8. The Morgan fingerprint density at radius 2 is 1.27 bits per heavy atom. The van der Waals surface area contributed by atoms with Crippen molar-refractivity contribution in [3.8, 4) is 11.5 Å². The van der Waals surface area contributed by atoms with E-state index >= 15 is 0 Å². The number of aromatic nitrogens is 1. The van der Waals surface area contributed by atoms with E-state index in [0.29, 0.717) is 0 Å². The van der Waals surface area contributed by atoms with Crippen LogP contribution in [0.3, 0.4) is 0 Å². The smallest absolute Gasteiger partial charge is 0.219 e. The van der Waals surface area contributed by atoms with Gasteiger partial charge in [0, 0.05) is 37.5 Å². The molecule has 4 nitrogen and oxygen atoms in total. The van der Waals surface area contributed by atoms with Crippen LogP contribution in [0.2, 0.25) is 0 Å². The van der Waals surface area contributed by atoms with Gasteiger partial charge in [0.25, 0.3) is 0 Å². The van der Waals surface area contributed by atoms with Crippen LogP contribution in [0.15, 0.2) is 103 Å². The maximum atomic E-state index is 5.46. The fraction of sp³-hybridized carbons (Fsp3) is 0.167. The van der Waals surface area contributed by atoms with Gasteiger partial charge in [-0.15, -0.1) is 0 Å². The van der Waals surface area contributed by atoms with Gasteiger partial charge in [-0.05, 0) is 110 Å². The van der Waals surface area contributed by atoms with E-state index in [1.54, 1.807) is 14.2 Å². The van der Waals surface area contributed by atoms with Gasteiger partial charge in [-0.25, -0.2) is 4.58 Å². The van der Waals surface area contributed by atoms with Crippen LogP contribution in [-0.2, 0) is 6.42 Å². The molecule has 3 aliphatic heterocycles. The number of pyridine rings is 1.